The number of benzene rings is 1. The predicted molar refractivity (Wildman–Crippen MR) is 69.8 cm³/mol. The third-order valence-electron chi connectivity index (χ3n) is 3.25. The van der Waals surface area contributed by atoms with Gasteiger partial charge < -0.3 is 14.7 Å². The Balaban J connectivity index is 1.86. The highest BCUT2D eigenvalue weighted by molar-refractivity contribution is 5.57. The molecule has 3 rings (SSSR count). The summed E-state index contributed by atoms with van der Waals surface area (Å²) in [5, 5.41) is 6.96. The highest BCUT2D eigenvalue weighted by Gasteiger charge is 2.31. The van der Waals surface area contributed by atoms with Gasteiger partial charge in [0, 0.05) is 31.7 Å². The van der Waals surface area contributed by atoms with Crippen LogP contribution in [0, 0.1) is 0 Å². The minimum Gasteiger partial charge on any atom is -0.322 e. The van der Waals surface area contributed by atoms with E-state index in [0.29, 0.717) is 6.01 Å². The molecule has 1 fully saturated rings. The van der Waals surface area contributed by atoms with E-state index >= 15 is 0 Å². The first-order valence-corrected chi connectivity index (χ1v) is 6.51. The number of hydrogen-bond donors (Lipinski definition) is 1. The minimum absolute atomic E-state index is 0.162. The molecule has 0 saturated carbocycles. The zero-order chi connectivity index (χ0) is 14.9. The van der Waals surface area contributed by atoms with Crippen molar-refractivity contribution in [2.75, 3.05) is 31.1 Å². The molecule has 112 valence electrons. The molecule has 1 aromatic heterocycles. The maximum Gasteiger partial charge on any atom is 0.416 e. The Kier molecular flexibility index (Phi) is 3.54. The second-order valence-corrected chi connectivity index (χ2v) is 4.72. The van der Waals surface area contributed by atoms with E-state index in [-0.39, 0.29) is 11.4 Å². The van der Waals surface area contributed by atoms with Gasteiger partial charge in [0.25, 0.3) is 0 Å². The molecule has 0 unspecified atom stereocenters. The topological polar surface area (TPSA) is 54.2 Å². The highest BCUT2D eigenvalue weighted by atomic mass is 19.4. The summed E-state index contributed by atoms with van der Waals surface area (Å²) in [7, 11) is 0. The van der Waals surface area contributed by atoms with Gasteiger partial charge in [-0.25, -0.2) is 0 Å². The molecule has 2 heterocycles. The minimum atomic E-state index is -4.39. The van der Waals surface area contributed by atoms with Crippen molar-refractivity contribution in [3.05, 3.63) is 29.8 Å². The van der Waals surface area contributed by atoms with E-state index in [1.165, 1.54) is 12.1 Å². The molecule has 0 aliphatic carbocycles. The normalized spacial score (nSPS) is 16.2. The van der Waals surface area contributed by atoms with Crippen LogP contribution in [0.5, 0.6) is 0 Å². The molecule has 0 radical (unpaired) electrons. The second-order valence-electron chi connectivity index (χ2n) is 4.72. The van der Waals surface area contributed by atoms with Crippen LogP contribution in [-0.4, -0.2) is 36.3 Å². The van der Waals surface area contributed by atoms with Crippen molar-refractivity contribution in [3.8, 4) is 11.4 Å². The molecule has 0 amide bonds. The Labute approximate surface area is 118 Å². The summed E-state index contributed by atoms with van der Waals surface area (Å²) in [4.78, 5) is 6.08. The van der Waals surface area contributed by atoms with Crippen LogP contribution in [0.25, 0.3) is 11.4 Å². The van der Waals surface area contributed by atoms with Gasteiger partial charge in [0.1, 0.15) is 0 Å². The van der Waals surface area contributed by atoms with Crippen molar-refractivity contribution in [1.29, 1.82) is 0 Å². The van der Waals surface area contributed by atoms with E-state index in [1.807, 2.05) is 4.90 Å². The monoisotopic (exact) mass is 298 g/mol. The number of hydrogen-bond acceptors (Lipinski definition) is 5. The lowest BCUT2D eigenvalue weighted by atomic mass is 10.1. The maximum absolute atomic E-state index is 12.7. The van der Waals surface area contributed by atoms with E-state index in [1.54, 1.807) is 0 Å². The molecule has 2 aromatic rings. The number of alkyl halides is 3. The summed E-state index contributed by atoms with van der Waals surface area (Å²) < 4.78 is 43.2. The Bertz CT molecular complexity index is 620. The predicted octanol–water partition coefficient (Wildman–Crippen LogP) is 2.16. The molecule has 1 aliphatic heterocycles. The van der Waals surface area contributed by atoms with Crippen LogP contribution < -0.4 is 10.2 Å². The summed E-state index contributed by atoms with van der Waals surface area (Å²) in [6.45, 7) is 3.07. The number of halogens is 3. The molecule has 1 aromatic carbocycles. The number of aromatic nitrogens is 2. The van der Waals surface area contributed by atoms with Gasteiger partial charge in [-0.05, 0) is 12.1 Å². The number of nitrogens with zero attached hydrogens (tertiary/aromatic N) is 3. The fourth-order valence-electron chi connectivity index (χ4n) is 2.15. The first-order chi connectivity index (χ1) is 10.0. The quantitative estimate of drug-likeness (QED) is 0.921. The van der Waals surface area contributed by atoms with Gasteiger partial charge >= 0.3 is 12.2 Å². The Morgan fingerprint density at radius 2 is 1.95 bits per heavy atom. The lowest BCUT2D eigenvalue weighted by Crippen LogP contribution is -2.43. The number of piperazine rings is 1. The molecular weight excluding hydrogens is 285 g/mol. The Morgan fingerprint density at radius 3 is 2.67 bits per heavy atom. The molecule has 0 bridgehead atoms. The summed E-state index contributed by atoms with van der Waals surface area (Å²) >= 11 is 0. The van der Waals surface area contributed by atoms with Gasteiger partial charge in [0.15, 0.2) is 0 Å². The average molecular weight is 298 g/mol. The Hall–Kier alpha value is -2.09. The third kappa shape index (κ3) is 2.99. The average Bonchev–Trinajstić information content (AvgIpc) is 2.97. The van der Waals surface area contributed by atoms with Gasteiger partial charge in [-0.15, -0.1) is 0 Å². The van der Waals surface area contributed by atoms with E-state index in [2.05, 4.69) is 15.5 Å². The van der Waals surface area contributed by atoms with Crippen LogP contribution in [-0.2, 0) is 6.18 Å². The van der Waals surface area contributed by atoms with Crippen LogP contribution in [0.1, 0.15) is 5.56 Å². The smallest absolute Gasteiger partial charge is 0.322 e. The number of anilines is 1. The number of nitrogens with one attached hydrogen (secondary N) is 1. The largest absolute Gasteiger partial charge is 0.416 e. The second kappa shape index (κ2) is 5.36. The molecule has 1 saturated heterocycles. The lowest BCUT2D eigenvalue weighted by molar-refractivity contribution is -0.137. The van der Waals surface area contributed by atoms with Crippen molar-refractivity contribution in [1.82, 2.24) is 15.5 Å². The van der Waals surface area contributed by atoms with E-state index in [9.17, 15) is 13.2 Å². The first-order valence-electron chi connectivity index (χ1n) is 6.51. The van der Waals surface area contributed by atoms with Crippen molar-refractivity contribution in [2.24, 2.45) is 0 Å². The summed E-state index contributed by atoms with van der Waals surface area (Å²) in [5.41, 5.74) is -0.441. The Morgan fingerprint density at radius 1 is 1.19 bits per heavy atom. The van der Waals surface area contributed by atoms with E-state index in [4.69, 9.17) is 4.52 Å². The molecule has 21 heavy (non-hydrogen) atoms. The van der Waals surface area contributed by atoms with Gasteiger partial charge in [0.05, 0.1) is 5.56 Å². The SMILES string of the molecule is FC(F)(F)c1cccc(-c2noc(N3CCNCC3)n2)c1. The maximum atomic E-state index is 12.7. The first kappa shape index (κ1) is 13.9. The zero-order valence-electron chi connectivity index (χ0n) is 11.0. The van der Waals surface area contributed by atoms with Crippen molar-refractivity contribution in [2.45, 2.75) is 6.18 Å². The van der Waals surface area contributed by atoms with Gasteiger partial charge in [-0.3, -0.25) is 0 Å². The van der Waals surface area contributed by atoms with Crippen LogP contribution in [0.3, 0.4) is 0 Å². The van der Waals surface area contributed by atoms with E-state index in [0.717, 1.165) is 38.3 Å². The van der Waals surface area contributed by atoms with Gasteiger partial charge in [0.2, 0.25) is 5.82 Å². The summed E-state index contributed by atoms with van der Waals surface area (Å²) in [6.07, 6.45) is -4.39. The van der Waals surface area contributed by atoms with E-state index < -0.39 is 11.7 Å². The number of rotatable bonds is 2. The van der Waals surface area contributed by atoms with Crippen molar-refractivity contribution >= 4 is 6.01 Å². The van der Waals surface area contributed by atoms with Gasteiger partial charge in [-0.2, -0.15) is 18.2 Å². The van der Waals surface area contributed by atoms with Crippen LogP contribution in [0.15, 0.2) is 28.8 Å². The third-order valence-corrected chi connectivity index (χ3v) is 3.25. The fraction of sp³-hybridized carbons (Fsp3) is 0.385. The molecular formula is C13H13F3N4O. The molecule has 5 nitrogen and oxygen atoms in total. The molecule has 1 N–H and O–H groups in total. The van der Waals surface area contributed by atoms with Crippen LogP contribution in [0.4, 0.5) is 19.2 Å². The summed E-state index contributed by atoms with van der Waals surface area (Å²) in [6, 6.07) is 5.23. The van der Waals surface area contributed by atoms with Crippen molar-refractivity contribution in [3.63, 3.8) is 0 Å². The standard InChI is InChI=1S/C13H13F3N4O/c14-13(15,16)10-3-1-2-9(8-10)11-18-12(21-19-11)20-6-4-17-5-7-20/h1-3,8,17H,4-7H2. The highest BCUT2D eigenvalue weighted by Crippen LogP contribution is 2.31. The van der Waals surface area contributed by atoms with Crippen molar-refractivity contribution < 1.29 is 17.7 Å². The molecule has 1 aliphatic rings. The lowest BCUT2D eigenvalue weighted by Gasteiger charge is -2.24. The van der Waals surface area contributed by atoms with Crippen LogP contribution >= 0.6 is 0 Å². The fourth-order valence-corrected chi connectivity index (χ4v) is 2.15. The van der Waals surface area contributed by atoms with Crippen LogP contribution in [0.2, 0.25) is 0 Å². The molecule has 8 heteroatoms. The van der Waals surface area contributed by atoms with Gasteiger partial charge in [-0.1, -0.05) is 17.3 Å². The molecule has 0 atom stereocenters. The summed E-state index contributed by atoms with van der Waals surface area (Å²) in [5.74, 6) is 0.162. The molecule has 0 spiro atoms. The zero-order valence-corrected chi connectivity index (χ0v) is 11.0.